The normalized spacial score (nSPS) is 11.3. The number of hydrogen-bond donors (Lipinski definition) is 3. The molecule has 0 saturated heterocycles. The Morgan fingerprint density at radius 3 is 2.46 bits per heavy atom. The van der Waals surface area contributed by atoms with Crippen molar-refractivity contribution >= 4 is 17.6 Å². The van der Waals surface area contributed by atoms with Crippen LogP contribution < -0.4 is 16.4 Å². The molecule has 0 atom stereocenters. The summed E-state index contributed by atoms with van der Waals surface area (Å²) in [4.78, 5) is 16.3. The van der Waals surface area contributed by atoms with Crippen LogP contribution in [0.25, 0.3) is 0 Å². The number of amides is 1. The fourth-order valence-corrected chi connectivity index (χ4v) is 2.43. The number of unbranched alkanes of at least 4 members (excludes halogenated alkanes) is 1. The van der Waals surface area contributed by atoms with Crippen LogP contribution in [0.5, 0.6) is 0 Å². The zero-order valence-electron chi connectivity index (χ0n) is 15.8. The first-order valence-corrected chi connectivity index (χ1v) is 9.01. The van der Waals surface area contributed by atoms with Gasteiger partial charge in [-0.3, -0.25) is 4.79 Å². The fourth-order valence-electron chi connectivity index (χ4n) is 2.43. The largest absolute Gasteiger partial charge is 0.370 e. The van der Waals surface area contributed by atoms with E-state index in [-0.39, 0.29) is 5.91 Å². The van der Waals surface area contributed by atoms with Gasteiger partial charge in [0, 0.05) is 17.8 Å². The average Bonchev–Trinajstić information content (AvgIpc) is 2.63. The molecule has 0 aromatic heterocycles. The third-order valence-corrected chi connectivity index (χ3v) is 4.24. The molecule has 5 heteroatoms. The first-order chi connectivity index (χ1) is 12.5. The van der Waals surface area contributed by atoms with E-state index < -0.39 is 0 Å². The van der Waals surface area contributed by atoms with Gasteiger partial charge < -0.3 is 16.4 Å². The lowest BCUT2D eigenvalue weighted by atomic mass is 10.1. The summed E-state index contributed by atoms with van der Waals surface area (Å²) in [5, 5.41) is 6.01. The molecule has 0 spiro atoms. The summed E-state index contributed by atoms with van der Waals surface area (Å²) in [7, 11) is 0. The predicted octanol–water partition coefficient (Wildman–Crippen LogP) is 3.76. The summed E-state index contributed by atoms with van der Waals surface area (Å²) >= 11 is 0. The molecule has 0 radical (unpaired) electrons. The number of carbonyl (C=O) groups excluding carboxylic acids is 1. The average molecular weight is 352 g/mol. The van der Waals surface area contributed by atoms with Crippen LogP contribution in [0.2, 0.25) is 0 Å². The number of benzene rings is 2. The minimum Gasteiger partial charge on any atom is -0.370 e. The van der Waals surface area contributed by atoms with E-state index in [9.17, 15) is 4.79 Å². The Morgan fingerprint density at radius 2 is 1.81 bits per heavy atom. The maximum Gasteiger partial charge on any atom is 0.251 e. The number of aliphatic imine (C=N–C) groups is 1. The number of hydrogen-bond acceptors (Lipinski definition) is 2. The first-order valence-electron chi connectivity index (χ1n) is 9.01. The Kier molecular flexibility index (Phi) is 7.21. The van der Waals surface area contributed by atoms with Crippen molar-refractivity contribution in [2.45, 2.75) is 40.2 Å². The molecule has 2 aromatic carbocycles. The van der Waals surface area contributed by atoms with Gasteiger partial charge in [-0.15, -0.1) is 0 Å². The molecule has 2 aromatic rings. The van der Waals surface area contributed by atoms with E-state index in [1.54, 1.807) is 0 Å². The standard InChI is InChI=1S/C21H28N4O/c1-4-5-12-23-20(26)18-9-7-17(8-10-18)14-24-21(22)25-19-11-6-15(2)16(3)13-19/h6-11,13H,4-5,12,14H2,1-3H3,(H,23,26)(H3,22,24,25). The lowest BCUT2D eigenvalue weighted by Gasteiger charge is -2.08. The zero-order valence-corrected chi connectivity index (χ0v) is 15.8. The Morgan fingerprint density at radius 1 is 1.08 bits per heavy atom. The topological polar surface area (TPSA) is 79.5 Å². The van der Waals surface area contributed by atoms with E-state index in [1.165, 1.54) is 11.1 Å². The van der Waals surface area contributed by atoms with Gasteiger partial charge in [-0.05, 0) is 61.2 Å². The molecule has 0 aliphatic heterocycles. The van der Waals surface area contributed by atoms with Crippen molar-refractivity contribution in [3.8, 4) is 0 Å². The van der Waals surface area contributed by atoms with Crippen LogP contribution in [0.4, 0.5) is 5.69 Å². The smallest absolute Gasteiger partial charge is 0.251 e. The quantitative estimate of drug-likeness (QED) is 0.403. The van der Waals surface area contributed by atoms with Gasteiger partial charge >= 0.3 is 0 Å². The van der Waals surface area contributed by atoms with E-state index in [4.69, 9.17) is 5.73 Å². The molecule has 1 amide bonds. The molecular formula is C21H28N4O. The molecule has 0 fully saturated rings. The zero-order chi connectivity index (χ0) is 18.9. The SMILES string of the molecule is CCCCNC(=O)c1ccc(CN=C(N)Nc2ccc(C)c(C)c2)cc1. The predicted molar refractivity (Wildman–Crippen MR) is 109 cm³/mol. The summed E-state index contributed by atoms with van der Waals surface area (Å²) in [6.07, 6.45) is 2.06. The van der Waals surface area contributed by atoms with Crippen molar-refractivity contribution in [2.75, 3.05) is 11.9 Å². The molecule has 4 N–H and O–H groups in total. The highest BCUT2D eigenvalue weighted by molar-refractivity contribution is 5.94. The molecule has 0 saturated carbocycles. The van der Waals surface area contributed by atoms with E-state index in [2.05, 4.69) is 42.5 Å². The van der Waals surface area contributed by atoms with Gasteiger partial charge in [0.15, 0.2) is 5.96 Å². The van der Waals surface area contributed by atoms with Gasteiger partial charge in [-0.1, -0.05) is 31.5 Å². The monoisotopic (exact) mass is 352 g/mol. The van der Waals surface area contributed by atoms with Crippen LogP contribution in [0, 0.1) is 13.8 Å². The number of nitrogens with two attached hydrogens (primary N) is 1. The van der Waals surface area contributed by atoms with Crippen LogP contribution in [-0.4, -0.2) is 18.4 Å². The van der Waals surface area contributed by atoms with E-state index in [0.29, 0.717) is 24.6 Å². The summed E-state index contributed by atoms with van der Waals surface area (Å²) in [5.41, 5.74) is 11.0. The maximum atomic E-state index is 12.0. The highest BCUT2D eigenvalue weighted by Gasteiger charge is 2.04. The Labute approximate surface area is 155 Å². The molecule has 138 valence electrons. The van der Waals surface area contributed by atoms with Gasteiger partial charge in [-0.25, -0.2) is 4.99 Å². The summed E-state index contributed by atoms with van der Waals surface area (Å²) in [6.45, 7) is 7.41. The van der Waals surface area contributed by atoms with Crippen molar-refractivity contribution in [1.82, 2.24) is 5.32 Å². The van der Waals surface area contributed by atoms with Crippen molar-refractivity contribution in [3.63, 3.8) is 0 Å². The van der Waals surface area contributed by atoms with Gasteiger partial charge in [0.1, 0.15) is 0 Å². The van der Waals surface area contributed by atoms with E-state index in [1.807, 2.05) is 36.4 Å². The van der Waals surface area contributed by atoms with Crippen molar-refractivity contribution in [2.24, 2.45) is 10.7 Å². The second-order valence-corrected chi connectivity index (χ2v) is 6.43. The number of nitrogens with one attached hydrogen (secondary N) is 2. The second kappa shape index (κ2) is 9.61. The minimum atomic E-state index is -0.0376. The lowest BCUT2D eigenvalue weighted by molar-refractivity contribution is 0.0953. The number of aryl methyl sites for hydroxylation is 2. The van der Waals surface area contributed by atoms with Gasteiger partial charge in [0.2, 0.25) is 0 Å². The Hall–Kier alpha value is -2.82. The minimum absolute atomic E-state index is 0.0376. The summed E-state index contributed by atoms with van der Waals surface area (Å²) in [5.74, 6) is 0.332. The van der Waals surface area contributed by atoms with Crippen LogP contribution >= 0.6 is 0 Å². The highest BCUT2D eigenvalue weighted by Crippen LogP contribution is 2.14. The molecule has 5 nitrogen and oxygen atoms in total. The first kappa shape index (κ1) is 19.5. The molecule has 0 aliphatic carbocycles. The van der Waals surface area contributed by atoms with Crippen LogP contribution in [-0.2, 0) is 6.54 Å². The van der Waals surface area contributed by atoms with Gasteiger partial charge in [0.25, 0.3) is 5.91 Å². The second-order valence-electron chi connectivity index (χ2n) is 6.43. The molecule has 0 bridgehead atoms. The van der Waals surface area contributed by atoms with Gasteiger partial charge in [-0.2, -0.15) is 0 Å². The molecule has 2 rings (SSSR count). The number of nitrogens with zero attached hydrogens (tertiary/aromatic N) is 1. The third kappa shape index (κ3) is 5.92. The van der Waals surface area contributed by atoms with E-state index in [0.717, 1.165) is 24.1 Å². The molecule has 26 heavy (non-hydrogen) atoms. The number of carbonyl (C=O) groups is 1. The molecular weight excluding hydrogens is 324 g/mol. The lowest BCUT2D eigenvalue weighted by Crippen LogP contribution is -2.24. The Bertz CT molecular complexity index is 766. The fraction of sp³-hybridized carbons (Fsp3) is 0.333. The number of guanidine groups is 1. The van der Waals surface area contributed by atoms with Gasteiger partial charge in [0.05, 0.1) is 6.54 Å². The summed E-state index contributed by atoms with van der Waals surface area (Å²) < 4.78 is 0. The van der Waals surface area contributed by atoms with Crippen LogP contribution in [0.1, 0.15) is 46.8 Å². The van der Waals surface area contributed by atoms with Crippen molar-refractivity contribution in [1.29, 1.82) is 0 Å². The third-order valence-electron chi connectivity index (χ3n) is 4.24. The molecule has 0 heterocycles. The molecule has 0 unspecified atom stereocenters. The highest BCUT2D eigenvalue weighted by atomic mass is 16.1. The summed E-state index contributed by atoms with van der Waals surface area (Å²) in [6, 6.07) is 13.5. The molecule has 0 aliphatic rings. The van der Waals surface area contributed by atoms with E-state index >= 15 is 0 Å². The van der Waals surface area contributed by atoms with Crippen LogP contribution in [0.3, 0.4) is 0 Å². The number of anilines is 1. The Balaban J connectivity index is 1.90. The van der Waals surface area contributed by atoms with Crippen LogP contribution in [0.15, 0.2) is 47.5 Å². The maximum absolute atomic E-state index is 12.0. The van der Waals surface area contributed by atoms with Crippen molar-refractivity contribution < 1.29 is 4.79 Å². The number of rotatable bonds is 7. The van der Waals surface area contributed by atoms with Crippen molar-refractivity contribution in [3.05, 3.63) is 64.7 Å².